The maximum atomic E-state index is 12.5. The van der Waals surface area contributed by atoms with Gasteiger partial charge in [0.15, 0.2) is 5.75 Å². The van der Waals surface area contributed by atoms with E-state index in [0.717, 1.165) is 16.2 Å². The van der Waals surface area contributed by atoms with Gasteiger partial charge < -0.3 is 10.1 Å². The summed E-state index contributed by atoms with van der Waals surface area (Å²) in [5, 5.41) is 4.83. The first-order valence-corrected chi connectivity index (χ1v) is 8.21. The molecule has 0 aliphatic heterocycles. The Hall–Kier alpha value is -2.59. The minimum Gasteiger partial charge on any atom is -0.455 e. The monoisotopic (exact) mass is 323 g/mol. The molecule has 0 fully saturated rings. The number of amides is 1. The Labute approximate surface area is 139 Å². The summed E-state index contributed by atoms with van der Waals surface area (Å²) >= 11 is 1.58. The highest BCUT2D eigenvalue weighted by Crippen LogP contribution is 2.30. The number of ether oxygens (including phenoxy) is 1. The standard InChI is InChI=1S/C19H17NO2S/c1-13-14(2)23-12-16(13)19(21)20-17-10-6-7-11-18(17)22-15-8-4-3-5-9-15/h3-12H,1-2H3,(H,20,21). The van der Waals surface area contributed by atoms with E-state index >= 15 is 0 Å². The third-order valence-electron chi connectivity index (χ3n) is 3.64. The molecule has 0 radical (unpaired) electrons. The second kappa shape index (κ2) is 6.67. The van der Waals surface area contributed by atoms with E-state index in [0.29, 0.717) is 17.0 Å². The first-order chi connectivity index (χ1) is 11.1. The quantitative estimate of drug-likeness (QED) is 0.697. The van der Waals surface area contributed by atoms with Crippen molar-refractivity contribution in [3.05, 3.63) is 76.0 Å². The van der Waals surface area contributed by atoms with Crippen LogP contribution in [0.4, 0.5) is 5.69 Å². The molecule has 3 aromatic rings. The van der Waals surface area contributed by atoms with Gasteiger partial charge in [-0.1, -0.05) is 30.3 Å². The van der Waals surface area contributed by atoms with Gasteiger partial charge in [-0.05, 0) is 43.7 Å². The summed E-state index contributed by atoms with van der Waals surface area (Å²) in [5.74, 6) is 1.24. The highest BCUT2D eigenvalue weighted by atomic mass is 32.1. The molecule has 0 atom stereocenters. The first kappa shape index (κ1) is 15.3. The van der Waals surface area contributed by atoms with E-state index in [1.807, 2.05) is 73.8 Å². The molecule has 2 aromatic carbocycles. The largest absolute Gasteiger partial charge is 0.455 e. The van der Waals surface area contributed by atoms with Crippen LogP contribution >= 0.6 is 11.3 Å². The molecule has 0 aliphatic carbocycles. The lowest BCUT2D eigenvalue weighted by atomic mass is 10.1. The van der Waals surface area contributed by atoms with Gasteiger partial charge in [0.2, 0.25) is 0 Å². The van der Waals surface area contributed by atoms with Crippen molar-refractivity contribution in [2.45, 2.75) is 13.8 Å². The Morgan fingerprint density at radius 3 is 2.39 bits per heavy atom. The fraction of sp³-hybridized carbons (Fsp3) is 0.105. The zero-order valence-electron chi connectivity index (χ0n) is 13.0. The van der Waals surface area contributed by atoms with Gasteiger partial charge in [-0.25, -0.2) is 0 Å². The molecule has 0 spiro atoms. The van der Waals surface area contributed by atoms with Crippen LogP contribution in [0.5, 0.6) is 11.5 Å². The topological polar surface area (TPSA) is 38.3 Å². The highest BCUT2D eigenvalue weighted by Gasteiger charge is 2.14. The van der Waals surface area contributed by atoms with Gasteiger partial charge in [0.05, 0.1) is 11.3 Å². The zero-order chi connectivity index (χ0) is 16.2. The van der Waals surface area contributed by atoms with E-state index in [4.69, 9.17) is 4.74 Å². The smallest absolute Gasteiger partial charge is 0.256 e. The lowest BCUT2D eigenvalue weighted by Gasteiger charge is -2.12. The van der Waals surface area contributed by atoms with E-state index in [-0.39, 0.29) is 5.91 Å². The molecular formula is C19H17NO2S. The Kier molecular flexibility index (Phi) is 4.44. The number of benzene rings is 2. The van der Waals surface area contributed by atoms with Gasteiger partial charge >= 0.3 is 0 Å². The number of hydrogen-bond donors (Lipinski definition) is 1. The molecule has 1 aromatic heterocycles. The number of carbonyl (C=O) groups is 1. The van der Waals surface area contributed by atoms with Crippen LogP contribution in [-0.4, -0.2) is 5.91 Å². The van der Waals surface area contributed by atoms with Crippen LogP contribution in [0.25, 0.3) is 0 Å². The van der Waals surface area contributed by atoms with Crippen molar-refractivity contribution in [1.29, 1.82) is 0 Å². The number of nitrogens with one attached hydrogen (secondary N) is 1. The van der Waals surface area contributed by atoms with E-state index in [1.54, 1.807) is 11.3 Å². The Balaban J connectivity index is 1.83. The zero-order valence-corrected chi connectivity index (χ0v) is 13.8. The first-order valence-electron chi connectivity index (χ1n) is 7.33. The van der Waals surface area contributed by atoms with Crippen molar-refractivity contribution in [1.82, 2.24) is 0 Å². The van der Waals surface area contributed by atoms with Crippen LogP contribution in [0, 0.1) is 13.8 Å². The number of carbonyl (C=O) groups excluding carboxylic acids is 1. The van der Waals surface area contributed by atoms with E-state index in [2.05, 4.69) is 5.32 Å². The van der Waals surface area contributed by atoms with Crippen molar-refractivity contribution >= 4 is 22.9 Å². The average Bonchev–Trinajstić information content (AvgIpc) is 2.90. The van der Waals surface area contributed by atoms with Gasteiger partial charge in [-0.2, -0.15) is 0 Å². The summed E-state index contributed by atoms with van der Waals surface area (Å²) in [7, 11) is 0. The predicted molar refractivity (Wildman–Crippen MR) is 94.7 cm³/mol. The molecule has 3 rings (SSSR count). The third kappa shape index (κ3) is 3.43. The third-order valence-corrected chi connectivity index (χ3v) is 4.65. The van der Waals surface area contributed by atoms with E-state index < -0.39 is 0 Å². The summed E-state index contributed by atoms with van der Waals surface area (Å²) in [6.07, 6.45) is 0. The lowest BCUT2D eigenvalue weighted by molar-refractivity contribution is 0.102. The maximum absolute atomic E-state index is 12.5. The SMILES string of the molecule is Cc1scc(C(=O)Nc2ccccc2Oc2ccccc2)c1C. The number of aryl methyl sites for hydroxylation is 1. The van der Waals surface area contributed by atoms with Crippen LogP contribution in [0.2, 0.25) is 0 Å². The van der Waals surface area contributed by atoms with Crippen LogP contribution < -0.4 is 10.1 Å². The fourth-order valence-electron chi connectivity index (χ4n) is 2.20. The molecule has 4 heteroatoms. The summed E-state index contributed by atoms with van der Waals surface area (Å²) < 4.78 is 5.87. The molecule has 116 valence electrons. The second-order valence-corrected chi connectivity index (χ2v) is 6.28. The summed E-state index contributed by atoms with van der Waals surface area (Å²) in [6, 6.07) is 17.0. The van der Waals surface area contributed by atoms with Crippen molar-refractivity contribution in [2.24, 2.45) is 0 Å². The summed E-state index contributed by atoms with van der Waals surface area (Å²) in [4.78, 5) is 13.6. The second-order valence-electron chi connectivity index (χ2n) is 5.20. The van der Waals surface area contributed by atoms with Gasteiger partial charge in [-0.3, -0.25) is 4.79 Å². The molecule has 0 saturated heterocycles. The molecular weight excluding hydrogens is 306 g/mol. The minimum absolute atomic E-state index is 0.115. The molecule has 0 bridgehead atoms. The number of para-hydroxylation sites is 3. The molecule has 1 N–H and O–H groups in total. The van der Waals surface area contributed by atoms with E-state index in [1.165, 1.54) is 0 Å². The number of anilines is 1. The molecule has 1 amide bonds. The fourth-order valence-corrected chi connectivity index (χ4v) is 3.07. The van der Waals surface area contributed by atoms with Gasteiger partial charge in [0.25, 0.3) is 5.91 Å². The lowest BCUT2D eigenvalue weighted by Crippen LogP contribution is -2.12. The normalized spacial score (nSPS) is 10.3. The molecule has 1 heterocycles. The maximum Gasteiger partial charge on any atom is 0.256 e. The van der Waals surface area contributed by atoms with Gasteiger partial charge in [0, 0.05) is 10.3 Å². The van der Waals surface area contributed by atoms with E-state index in [9.17, 15) is 4.79 Å². The van der Waals surface area contributed by atoms with Gasteiger partial charge in [-0.15, -0.1) is 11.3 Å². The number of hydrogen-bond acceptors (Lipinski definition) is 3. The summed E-state index contributed by atoms with van der Waals surface area (Å²) in [6.45, 7) is 3.98. The van der Waals surface area contributed by atoms with Crippen molar-refractivity contribution in [3.63, 3.8) is 0 Å². The Morgan fingerprint density at radius 1 is 1.00 bits per heavy atom. The van der Waals surface area contributed by atoms with Crippen molar-refractivity contribution in [2.75, 3.05) is 5.32 Å². The summed E-state index contributed by atoms with van der Waals surface area (Å²) in [5.41, 5.74) is 2.39. The molecule has 0 unspecified atom stereocenters. The predicted octanol–water partition coefficient (Wildman–Crippen LogP) is 5.41. The van der Waals surface area contributed by atoms with Gasteiger partial charge in [0.1, 0.15) is 5.75 Å². The van der Waals surface area contributed by atoms with Crippen LogP contribution in [0.3, 0.4) is 0 Å². The van der Waals surface area contributed by atoms with Crippen LogP contribution in [-0.2, 0) is 0 Å². The Bertz CT molecular complexity index is 824. The highest BCUT2D eigenvalue weighted by molar-refractivity contribution is 7.10. The molecule has 0 saturated carbocycles. The Morgan fingerprint density at radius 2 is 1.70 bits per heavy atom. The minimum atomic E-state index is -0.115. The number of thiophene rings is 1. The molecule has 0 aliphatic rings. The number of rotatable bonds is 4. The van der Waals surface area contributed by atoms with Crippen LogP contribution in [0.15, 0.2) is 60.0 Å². The molecule has 3 nitrogen and oxygen atoms in total. The van der Waals surface area contributed by atoms with Crippen LogP contribution in [0.1, 0.15) is 20.8 Å². The molecule has 23 heavy (non-hydrogen) atoms. The van der Waals surface area contributed by atoms with Crippen molar-refractivity contribution < 1.29 is 9.53 Å². The van der Waals surface area contributed by atoms with Crippen molar-refractivity contribution in [3.8, 4) is 11.5 Å². The average molecular weight is 323 g/mol.